The van der Waals surface area contributed by atoms with Gasteiger partial charge in [-0.2, -0.15) is 0 Å². The topological polar surface area (TPSA) is 45.4 Å². The lowest BCUT2D eigenvalue weighted by atomic mass is 10.2. The Morgan fingerprint density at radius 3 is 2.78 bits per heavy atom. The molecule has 3 heterocycles. The zero-order chi connectivity index (χ0) is 12.5. The number of nitrogens with two attached hydrogens (primary N) is 1. The number of aromatic nitrogens is 1. The molecule has 0 radical (unpaired) electrons. The molecular weight excluding hydrogens is 224 g/mol. The van der Waals surface area contributed by atoms with Gasteiger partial charge in [0.25, 0.3) is 0 Å². The molecule has 0 saturated carbocycles. The van der Waals surface area contributed by atoms with E-state index < -0.39 is 0 Å². The molecule has 0 aromatic carbocycles. The van der Waals surface area contributed by atoms with E-state index in [1.54, 1.807) is 6.20 Å². The standard InChI is InChI=1S/C14H22N4/c1-11-8-14(16-9-13(11)15)18-7-4-12(10-18)17-5-2-3-6-17/h8-9,12H,2-7,10,15H2,1H3. The van der Waals surface area contributed by atoms with Crippen molar-refractivity contribution in [3.8, 4) is 0 Å². The SMILES string of the molecule is Cc1cc(N2CCC(N3CCCC3)C2)ncc1N. The van der Waals surface area contributed by atoms with E-state index in [4.69, 9.17) is 5.73 Å². The Balaban J connectivity index is 1.69. The van der Waals surface area contributed by atoms with Gasteiger partial charge in [-0.25, -0.2) is 4.98 Å². The maximum atomic E-state index is 5.82. The van der Waals surface area contributed by atoms with Crippen molar-refractivity contribution >= 4 is 11.5 Å². The van der Waals surface area contributed by atoms with Crippen molar-refractivity contribution in [2.75, 3.05) is 36.8 Å². The van der Waals surface area contributed by atoms with Gasteiger partial charge in [-0.15, -0.1) is 0 Å². The lowest BCUT2D eigenvalue weighted by molar-refractivity contribution is 0.260. The number of anilines is 2. The van der Waals surface area contributed by atoms with Gasteiger partial charge in [-0.05, 0) is 50.9 Å². The molecule has 98 valence electrons. The number of pyridine rings is 1. The molecule has 1 aromatic heterocycles. The normalized spacial score (nSPS) is 24.9. The maximum Gasteiger partial charge on any atom is 0.128 e. The molecule has 3 rings (SSSR count). The summed E-state index contributed by atoms with van der Waals surface area (Å²) in [6, 6.07) is 2.84. The molecule has 0 amide bonds. The molecule has 0 spiro atoms. The Labute approximate surface area is 109 Å². The number of hydrogen-bond donors (Lipinski definition) is 1. The molecule has 2 aliphatic heterocycles. The van der Waals surface area contributed by atoms with Gasteiger partial charge in [0.1, 0.15) is 5.82 Å². The Bertz CT molecular complexity index is 426. The Morgan fingerprint density at radius 2 is 2.06 bits per heavy atom. The zero-order valence-electron chi connectivity index (χ0n) is 11.1. The maximum absolute atomic E-state index is 5.82. The van der Waals surface area contributed by atoms with E-state index in [2.05, 4.69) is 27.8 Å². The van der Waals surface area contributed by atoms with Crippen LogP contribution < -0.4 is 10.6 Å². The van der Waals surface area contributed by atoms with Crippen molar-refractivity contribution in [2.24, 2.45) is 0 Å². The summed E-state index contributed by atoms with van der Waals surface area (Å²) < 4.78 is 0. The Kier molecular flexibility index (Phi) is 3.12. The third kappa shape index (κ3) is 2.17. The molecular formula is C14H22N4. The summed E-state index contributed by atoms with van der Waals surface area (Å²) in [7, 11) is 0. The average molecular weight is 246 g/mol. The summed E-state index contributed by atoms with van der Waals surface area (Å²) >= 11 is 0. The number of nitrogens with zero attached hydrogens (tertiary/aromatic N) is 3. The van der Waals surface area contributed by atoms with Crippen LogP contribution in [0.5, 0.6) is 0 Å². The van der Waals surface area contributed by atoms with Gasteiger partial charge in [0.15, 0.2) is 0 Å². The summed E-state index contributed by atoms with van der Waals surface area (Å²) in [6.45, 7) is 6.86. The van der Waals surface area contributed by atoms with Gasteiger partial charge >= 0.3 is 0 Å². The fraction of sp³-hybridized carbons (Fsp3) is 0.643. The summed E-state index contributed by atoms with van der Waals surface area (Å²) in [6.07, 6.45) is 5.80. The number of aryl methyl sites for hydroxylation is 1. The van der Waals surface area contributed by atoms with Crippen molar-refractivity contribution < 1.29 is 0 Å². The van der Waals surface area contributed by atoms with E-state index in [0.29, 0.717) is 0 Å². The lowest BCUT2D eigenvalue weighted by Crippen LogP contribution is -2.35. The lowest BCUT2D eigenvalue weighted by Gasteiger charge is -2.24. The predicted molar refractivity (Wildman–Crippen MR) is 74.8 cm³/mol. The second kappa shape index (κ2) is 4.76. The van der Waals surface area contributed by atoms with Crippen LogP contribution in [0.1, 0.15) is 24.8 Å². The first-order valence-corrected chi connectivity index (χ1v) is 6.95. The number of likely N-dealkylation sites (tertiary alicyclic amines) is 1. The minimum atomic E-state index is 0.729. The summed E-state index contributed by atoms with van der Waals surface area (Å²) in [5.41, 5.74) is 7.74. The van der Waals surface area contributed by atoms with Gasteiger partial charge in [0.05, 0.1) is 11.9 Å². The number of hydrogen-bond acceptors (Lipinski definition) is 4. The Hall–Kier alpha value is -1.29. The van der Waals surface area contributed by atoms with Gasteiger partial charge in [0.2, 0.25) is 0 Å². The van der Waals surface area contributed by atoms with Crippen LogP contribution in [0.15, 0.2) is 12.3 Å². The smallest absolute Gasteiger partial charge is 0.128 e. The summed E-state index contributed by atoms with van der Waals surface area (Å²) in [5, 5.41) is 0. The van der Waals surface area contributed by atoms with Crippen LogP contribution in [0.2, 0.25) is 0 Å². The molecule has 0 aliphatic carbocycles. The van der Waals surface area contributed by atoms with Crippen molar-refractivity contribution in [2.45, 2.75) is 32.2 Å². The first-order valence-electron chi connectivity index (χ1n) is 6.95. The highest BCUT2D eigenvalue weighted by molar-refractivity contribution is 5.52. The third-order valence-corrected chi connectivity index (χ3v) is 4.28. The van der Waals surface area contributed by atoms with Crippen LogP contribution in [0, 0.1) is 6.92 Å². The molecule has 2 saturated heterocycles. The first-order chi connectivity index (χ1) is 8.74. The van der Waals surface area contributed by atoms with Crippen molar-refractivity contribution in [1.29, 1.82) is 0 Å². The van der Waals surface area contributed by atoms with Crippen LogP contribution in [0.3, 0.4) is 0 Å². The van der Waals surface area contributed by atoms with Crippen molar-refractivity contribution in [3.05, 3.63) is 17.8 Å². The van der Waals surface area contributed by atoms with Crippen molar-refractivity contribution in [3.63, 3.8) is 0 Å². The number of rotatable bonds is 2. The molecule has 18 heavy (non-hydrogen) atoms. The second-order valence-corrected chi connectivity index (χ2v) is 5.53. The van der Waals surface area contributed by atoms with E-state index in [1.165, 1.54) is 32.4 Å². The van der Waals surface area contributed by atoms with Gasteiger partial charge in [-0.3, -0.25) is 4.90 Å². The number of nitrogen functional groups attached to an aromatic ring is 1. The van der Waals surface area contributed by atoms with Gasteiger partial charge in [-0.1, -0.05) is 0 Å². The average Bonchev–Trinajstić information content (AvgIpc) is 3.01. The van der Waals surface area contributed by atoms with Gasteiger partial charge in [0, 0.05) is 19.1 Å². The van der Waals surface area contributed by atoms with E-state index >= 15 is 0 Å². The third-order valence-electron chi connectivity index (χ3n) is 4.28. The minimum Gasteiger partial charge on any atom is -0.397 e. The van der Waals surface area contributed by atoms with Crippen LogP contribution in [-0.4, -0.2) is 42.1 Å². The molecule has 1 unspecified atom stereocenters. The minimum absolute atomic E-state index is 0.729. The fourth-order valence-corrected chi connectivity index (χ4v) is 3.08. The fourth-order valence-electron chi connectivity index (χ4n) is 3.08. The van der Waals surface area contributed by atoms with Gasteiger partial charge < -0.3 is 10.6 Å². The van der Waals surface area contributed by atoms with E-state index in [0.717, 1.165) is 36.2 Å². The summed E-state index contributed by atoms with van der Waals surface area (Å²) in [4.78, 5) is 9.51. The highest BCUT2D eigenvalue weighted by atomic mass is 15.3. The van der Waals surface area contributed by atoms with Crippen LogP contribution in [-0.2, 0) is 0 Å². The largest absolute Gasteiger partial charge is 0.397 e. The summed E-state index contributed by atoms with van der Waals surface area (Å²) in [5.74, 6) is 1.09. The zero-order valence-corrected chi connectivity index (χ0v) is 11.1. The van der Waals surface area contributed by atoms with Crippen LogP contribution in [0.4, 0.5) is 11.5 Å². The van der Waals surface area contributed by atoms with E-state index in [9.17, 15) is 0 Å². The second-order valence-electron chi connectivity index (χ2n) is 5.53. The monoisotopic (exact) mass is 246 g/mol. The first kappa shape index (κ1) is 11.8. The Morgan fingerprint density at radius 1 is 1.28 bits per heavy atom. The highest BCUT2D eigenvalue weighted by Crippen LogP contribution is 2.25. The molecule has 4 nitrogen and oxygen atoms in total. The molecule has 2 fully saturated rings. The van der Waals surface area contributed by atoms with E-state index in [1.807, 2.05) is 0 Å². The van der Waals surface area contributed by atoms with Crippen LogP contribution >= 0.6 is 0 Å². The predicted octanol–water partition coefficient (Wildman–Crippen LogP) is 1.65. The molecule has 1 aromatic rings. The van der Waals surface area contributed by atoms with E-state index in [-0.39, 0.29) is 0 Å². The molecule has 0 bridgehead atoms. The molecule has 2 N–H and O–H groups in total. The molecule has 4 heteroatoms. The highest BCUT2D eigenvalue weighted by Gasteiger charge is 2.29. The quantitative estimate of drug-likeness (QED) is 0.862. The van der Waals surface area contributed by atoms with Crippen molar-refractivity contribution in [1.82, 2.24) is 9.88 Å². The molecule has 1 atom stereocenters. The molecule has 2 aliphatic rings. The van der Waals surface area contributed by atoms with Crippen LogP contribution in [0.25, 0.3) is 0 Å².